The number of benzene rings is 2. The van der Waals surface area contributed by atoms with Crippen LogP contribution in [0.15, 0.2) is 54.6 Å². The van der Waals surface area contributed by atoms with Gasteiger partial charge in [-0.3, -0.25) is 0 Å². The van der Waals surface area contributed by atoms with Gasteiger partial charge in [0.2, 0.25) is 0 Å². The third-order valence-electron chi connectivity index (χ3n) is 3.11. The Labute approximate surface area is 101 Å². The molecule has 0 aliphatic heterocycles. The second-order valence-corrected chi connectivity index (χ2v) is 4.20. The Balaban J connectivity index is 2.46. The Kier molecular flexibility index (Phi) is 2.45. The first-order chi connectivity index (χ1) is 8.42. The summed E-state index contributed by atoms with van der Waals surface area (Å²) in [4.78, 5) is 0. The fraction of sp³-hybridized carbons (Fsp3) is 0.125. The van der Waals surface area contributed by atoms with Crippen LogP contribution >= 0.6 is 0 Å². The van der Waals surface area contributed by atoms with Crippen LogP contribution in [0.25, 0.3) is 28.0 Å². The lowest BCUT2D eigenvalue weighted by molar-refractivity contribution is 1.20. The van der Waals surface area contributed by atoms with Crippen molar-refractivity contribution in [3.8, 4) is 0 Å². The molecule has 0 aliphatic carbocycles. The maximum atomic E-state index is 2.27. The van der Waals surface area contributed by atoms with Crippen LogP contribution in [0.5, 0.6) is 0 Å². The van der Waals surface area contributed by atoms with Crippen LogP contribution in [0.3, 0.4) is 0 Å². The van der Waals surface area contributed by atoms with Gasteiger partial charge in [-0.05, 0) is 18.6 Å². The first-order valence-electron chi connectivity index (χ1n) is 6.06. The summed E-state index contributed by atoms with van der Waals surface area (Å²) in [6, 6.07) is 17.1. The van der Waals surface area contributed by atoms with Gasteiger partial charge in [0.15, 0.2) is 0 Å². The Morgan fingerprint density at radius 3 is 1.94 bits per heavy atom. The number of para-hydroxylation sites is 2. The summed E-state index contributed by atoms with van der Waals surface area (Å²) in [7, 11) is 0. The van der Waals surface area contributed by atoms with Gasteiger partial charge in [0.05, 0.1) is 11.0 Å². The Morgan fingerprint density at radius 2 is 1.41 bits per heavy atom. The minimum absolute atomic E-state index is 1.06. The highest BCUT2D eigenvalue weighted by atomic mass is 14.9. The van der Waals surface area contributed by atoms with Crippen molar-refractivity contribution < 1.29 is 0 Å². The summed E-state index contributed by atoms with van der Waals surface area (Å²) in [5.41, 5.74) is 2.55. The standard InChI is InChI=1S/C16H15N/c1-2-3-12-17-15-10-6-4-8-13(15)14-9-5-7-11-16(14)17/h3-12H,2H2,1H3/b12-3+. The second-order valence-electron chi connectivity index (χ2n) is 4.20. The number of hydrogen-bond acceptors (Lipinski definition) is 0. The van der Waals surface area contributed by atoms with Crippen LogP contribution in [-0.4, -0.2) is 4.57 Å². The van der Waals surface area contributed by atoms with Crippen LogP contribution in [-0.2, 0) is 0 Å². The number of aromatic nitrogens is 1. The number of allylic oxidation sites excluding steroid dienone is 1. The molecule has 0 amide bonds. The highest BCUT2D eigenvalue weighted by molar-refractivity contribution is 6.09. The van der Waals surface area contributed by atoms with Crippen LogP contribution < -0.4 is 0 Å². The van der Waals surface area contributed by atoms with Gasteiger partial charge in [-0.1, -0.05) is 49.4 Å². The van der Waals surface area contributed by atoms with Crippen molar-refractivity contribution in [1.29, 1.82) is 0 Å². The Morgan fingerprint density at radius 1 is 0.882 bits per heavy atom. The number of fused-ring (bicyclic) bond motifs is 3. The first kappa shape index (κ1) is 10.2. The van der Waals surface area contributed by atoms with Crippen molar-refractivity contribution in [3.63, 3.8) is 0 Å². The average molecular weight is 221 g/mol. The topological polar surface area (TPSA) is 4.93 Å². The molecule has 0 saturated carbocycles. The summed E-state index contributed by atoms with van der Waals surface area (Å²) < 4.78 is 2.27. The molecule has 0 radical (unpaired) electrons. The van der Waals surface area contributed by atoms with Gasteiger partial charge in [-0.15, -0.1) is 0 Å². The highest BCUT2D eigenvalue weighted by Crippen LogP contribution is 2.28. The Hall–Kier alpha value is -2.02. The number of rotatable bonds is 2. The van der Waals surface area contributed by atoms with Gasteiger partial charge in [0, 0.05) is 17.0 Å². The van der Waals surface area contributed by atoms with E-state index >= 15 is 0 Å². The molecule has 0 saturated heterocycles. The predicted octanol–water partition coefficient (Wildman–Crippen LogP) is 4.68. The molecule has 0 fully saturated rings. The van der Waals surface area contributed by atoms with Gasteiger partial charge in [0.1, 0.15) is 0 Å². The molecule has 84 valence electrons. The van der Waals surface area contributed by atoms with Gasteiger partial charge in [-0.25, -0.2) is 0 Å². The quantitative estimate of drug-likeness (QED) is 0.592. The highest BCUT2D eigenvalue weighted by Gasteiger charge is 2.06. The third-order valence-corrected chi connectivity index (χ3v) is 3.11. The molecule has 0 unspecified atom stereocenters. The molecule has 1 heteroatoms. The van der Waals surface area contributed by atoms with E-state index in [2.05, 4.69) is 72.3 Å². The van der Waals surface area contributed by atoms with Gasteiger partial charge >= 0.3 is 0 Å². The second kappa shape index (κ2) is 4.10. The molecule has 2 aromatic carbocycles. The molecule has 0 N–H and O–H groups in total. The van der Waals surface area contributed by atoms with Crippen molar-refractivity contribution >= 4 is 28.0 Å². The summed E-state index contributed by atoms with van der Waals surface area (Å²) >= 11 is 0. The summed E-state index contributed by atoms with van der Waals surface area (Å²) in [5, 5.41) is 2.65. The molecule has 3 rings (SSSR count). The minimum Gasteiger partial charge on any atom is -0.316 e. The van der Waals surface area contributed by atoms with E-state index in [-0.39, 0.29) is 0 Å². The molecule has 1 heterocycles. The lowest BCUT2D eigenvalue weighted by Crippen LogP contribution is -1.84. The summed E-state index contributed by atoms with van der Waals surface area (Å²) in [6.45, 7) is 2.16. The predicted molar refractivity (Wildman–Crippen MR) is 75.1 cm³/mol. The van der Waals surface area contributed by atoms with E-state index in [1.807, 2.05) is 0 Å². The fourth-order valence-electron chi connectivity index (χ4n) is 2.32. The monoisotopic (exact) mass is 221 g/mol. The summed E-state index contributed by atoms with van der Waals surface area (Å²) in [6.07, 6.45) is 5.42. The van der Waals surface area contributed by atoms with E-state index in [0.717, 1.165) is 6.42 Å². The number of hydrogen-bond donors (Lipinski definition) is 0. The zero-order chi connectivity index (χ0) is 11.7. The van der Waals surface area contributed by atoms with Crippen LogP contribution in [0.1, 0.15) is 13.3 Å². The lowest BCUT2D eigenvalue weighted by atomic mass is 10.2. The Bertz CT molecular complexity index is 636. The zero-order valence-electron chi connectivity index (χ0n) is 9.93. The normalized spacial score (nSPS) is 11.8. The molecule has 1 aromatic heterocycles. The van der Waals surface area contributed by atoms with Gasteiger partial charge in [-0.2, -0.15) is 0 Å². The zero-order valence-corrected chi connectivity index (χ0v) is 9.93. The van der Waals surface area contributed by atoms with E-state index in [1.165, 1.54) is 21.8 Å². The molecule has 0 atom stereocenters. The molecule has 0 spiro atoms. The largest absolute Gasteiger partial charge is 0.316 e. The minimum atomic E-state index is 1.06. The van der Waals surface area contributed by atoms with Gasteiger partial charge in [0.25, 0.3) is 0 Å². The molecule has 0 bridgehead atoms. The van der Waals surface area contributed by atoms with Crippen LogP contribution in [0, 0.1) is 0 Å². The maximum absolute atomic E-state index is 2.27. The maximum Gasteiger partial charge on any atom is 0.0534 e. The van der Waals surface area contributed by atoms with Crippen molar-refractivity contribution in [2.75, 3.05) is 0 Å². The van der Waals surface area contributed by atoms with Crippen molar-refractivity contribution in [2.45, 2.75) is 13.3 Å². The smallest absolute Gasteiger partial charge is 0.0534 e. The van der Waals surface area contributed by atoms with Crippen molar-refractivity contribution in [3.05, 3.63) is 54.6 Å². The fourth-order valence-corrected chi connectivity index (χ4v) is 2.32. The molecule has 17 heavy (non-hydrogen) atoms. The third kappa shape index (κ3) is 1.55. The van der Waals surface area contributed by atoms with E-state index < -0.39 is 0 Å². The van der Waals surface area contributed by atoms with E-state index in [0.29, 0.717) is 0 Å². The van der Waals surface area contributed by atoms with Crippen molar-refractivity contribution in [2.24, 2.45) is 0 Å². The lowest BCUT2D eigenvalue weighted by Gasteiger charge is -1.99. The molecular weight excluding hydrogens is 206 g/mol. The SMILES string of the molecule is CC/C=C/n1c2ccccc2c2ccccc21. The number of nitrogens with zero attached hydrogens (tertiary/aromatic N) is 1. The van der Waals surface area contributed by atoms with Crippen molar-refractivity contribution in [1.82, 2.24) is 4.57 Å². The van der Waals surface area contributed by atoms with E-state index in [1.54, 1.807) is 0 Å². The molecule has 0 aliphatic rings. The molecule has 1 nitrogen and oxygen atoms in total. The summed E-state index contributed by atoms with van der Waals surface area (Å²) in [5.74, 6) is 0. The first-order valence-corrected chi connectivity index (χ1v) is 6.06. The van der Waals surface area contributed by atoms with Crippen LogP contribution in [0.2, 0.25) is 0 Å². The van der Waals surface area contributed by atoms with Gasteiger partial charge < -0.3 is 4.57 Å². The van der Waals surface area contributed by atoms with Crippen LogP contribution in [0.4, 0.5) is 0 Å². The van der Waals surface area contributed by atoms with E-state index in [4.69, 9.17) is 0 Å². The molecule has 3 aromatic rings. The molecular formula is C16H15N. The van der Waals surface area contributed by atoms with E-state index in [9.17, 15) is 0 Å². The average Bonchev–Trinajstić information content (AvgIpc) is 2.71.